The number of carbonyl (C=O) groups is 1. The number of nitrogens with one attached hydrogen (secondary N) is 1. The number of amides is 2. The Labute approximate surface area is 131 Å². The van der Waals surface area contributed by atoms with E-state index in [0.29, 0.717) is 18.6 Å². The van der Waals surface area contributed by atoms with Crippen LogP contribution in [0.15, 0.2) is 22.8 Å². The molecule has 5 heteroatoms. The molecular formula is C17H25N3O2. The molecule has 0 aromatic carbocycles. The molecule has 2 bridgehead atoms. The molecule has 0 aliphatic carbocycles. The predicted octanol–water partition coefficient (Wildman–Crippen LogP) is 2.58. The third-order valence-electron chi connectivity index (χ3n) is 5.50. The summed E-state index contributed by atoms with van der Waals surface area (Å²) in [4.78, 5) is 17.1. The zero-order chi connectivity index (χ0) is 15.3. The topological polar surface area (TPSA) is 48.7 Å². The molecule has 1 N–H and O–H groups in total. The van der Waals surface area contributed by atoms with E-state index in [1.165, 1.54) is 12.8 Å². The molecule has 3 saturated heterocycles. The first kappa shape index (κ1) is 14.1. The van der Waals surface area contributed by atoms with Crippen molar-refractivity contribution in [3.63, 3.8) is 0 Å². The van der Waals surface area contributed by atoms with Gasteiger partial charge in [0.05, 0.1) is 18.3 Å². The Morgan fingerprint density at radius 1 is 1.36 bits per heavy atom. The molecule has 4 heterocycles. The quantitative estimate of drug-likeness (QED) is 0.933. The molecule has 0 saturated carbocycles. The van der Waals surface area contributed by atoms with E-state index in [0.717, 1.165) is 25.1 Å². The van der Waals surface area contributed by atoms with Crippen LogP contribution in [-0.2, 0) is 6.54 Å². The average molecular weight is 303 g/mol. The van der Waals surface area contributed by atoms with Crippen LogP contribution < -0.4 is 5.32 Å². The van der Waals surface area contributed by atoms with Crippen molar-refractivity contribution < 1.29 is 9.21 Å². The number of hydrogen-bond acceptors (Lipinski definition) is 3. The standard InChI is InChI=1S/C17H25N3O2/c1-12(2)20-16(21)19(10-15-4-3-7-22-15)11-17(20)8-13-5-6-14(9-17)18-13/h3-4,7,12-14,18H,5-6,8-11H2,1-2H3. The minimum absolute atomic E-state index is 0.00886. The van der Waals surface area contributed by atoms with E-state index in [-0.39, 0.29) is 17.6 Å². The zero-order valence-electron chi connectivity index (χ0n) is 13.4. The number of carbonyl (C=O) groups excluding carboxylic acids is 1. The van der Waals surface area contributed by atoms with Gasteiger partial charge in [-0.2, -0.15) is 0 Å². The van der Waals surface area contributed by atoms with Crippen molar-refractivity contribution in [2.75, 3.05) is 6.54 Å². The Morgan fingerprint density at radius 3 is 2.68 bits per heavy atom. The fourth-order valence-electron chi connectivity index (χ4n) is 4.89. The van der Waals surface area contributed by atoms with Gasteiger partial charge in [-0.3, -0.25) is 0 Å². The second-order valence-electron chi connectivity index (χ2n) is 7.45. The first-order valence-electron chi connectivity index (χ1n) is 8.44. The van der Waals surface area contributed by atoms with Gasteiger partial charge in [-0.15, -0.1) is 0 Å². The number of hydrogen-bond donors (Lipinski definition) is 1. The molecular weight excluding hydrogens is 278 g/mol. The Hall–Kier alpha value is -1.49. The van der Waals surface area contributed by atoms with Gasteiger partial charge in [0, 0.05) is 24.7 Å². The van der Waals surface area contributed by atoms with Crippen molar-refractivity contribution in [2.24, 2.45) is 0 Å². The molecule has 2 atom stereocenters. The van der Waals surface area contributed by atoms with E-state index in [1.54, 1.807) is 6.26 Å². The average Bonchev–Trinajstić information content (AvgIpc) is 3.12. The maximum atomic E-state index is 13.0. The van der Waals surface area contributed by atoms with Crippen LogP contribution in [0.1, 0.15) is 45.3 Å². The summed E-state index contributed by atoms with van der Waals surface area (Å²) < 4.78 is 5.45. The van der Waals surface area contributed by atoms with Gasteiger partial charge in [0.2, 0.25) is 0 Å². The smallest absolute Gasteiger partial charge is 0.321 e. The fraction of sp³-hybridized carbons (Fsp3) is 0.706. The lowest BCUT2D eigenvalue weighted by Crippen LogP contribution is -2.59. The van der Waals surface area contributed by atoms with Crippen molar-refractivity contribution in [1.29, 1.82) is 0 Å². The van der Waals surface area contributed by atoms with Gasteiger partial charge in [0.1, 0.15) is 5.76 Å². The first-order chi connectivity index (χ1) is 10.6. The Kier molecular flexibility index (Phi) is 3.22. The fourth-order valence-corrected chi connectivity index (χ4v) is 4.89. The lowest BCUT2D eigenvalue weighted by atomic mass is 9.82. The Bertz CT molecular complexity index is 542. The van der Waals surface area contributed by atoms with Crippen LogP contribution in [0.2, 0.25) is 0 Å². The Balaban J connectivity index is 1.61. The SMILES string of the molecule is CC(C)N1C(=O)N(Cc2ccco2)CC12CC1CCC(C2)N1. The molecule has 1 aromatic rings. The van der Waals surface area contributed by atoms with Crippen LogP contribution in [0, 0.1) is 0 Å². The van der Waals surface area contributed by atoms with Crippen molar-refractivity contribution >= 4 is 6.03 Å². The maximum absolute atomic E-state index is 13.0. The van der Waals surface area contributed by atoms with Crippen LogP contribution in [-0.4, -0.2) is 46.0 Å². The van der Waals surface area contributed by atoms with Crippen molar-refractivity contribution in [3.8, 4) is 0 Å². The van der Waals surface area contributed by atoms with Crippen LogP contribution in [0.4, 0.5) is 4.79 Å². The highest BCUT2D eigenvalue weighted by molar-refractivity contribution is 5.78. The van der Waals surface area contributed by atoms with E-state index in [4.69, 9.17) is 4.42 Å². The number of nitrogens with zero attached hydrogens (tertiary/aromatic N) is 2. The molecule has 1 aromatic heterocycles. The molecule has 3 aliphatic heterocycles. The van der Waals surface area contributed by atoms with Gasteiger partial charge in [0.25, 0.3) is 0 Å². The number of piperidine rings is 1. The maximum Gasteiger partial charge on any atom is 0.321 e. The highest BCUT2D eigenvalue weighted by Gasteiger charge is 2.55. The molecule has 2 unspecified atom stereocenters. The second kappa shape index (κ2) is 5.01. The van der Waals surface area contributed by atoms with Crippen molar-refractivity contribution in [2.45, 2.75) is 69.7 Å². The highest BCUT2D eigenvalue weighted by Crippen LogP contribution is 2.43. The van der Waals surface area contributed by atoms with Crippen molar-refractivity contribution in [3.05, 3.63) is 24.2 Å². The van der Waals surface area contributed by atoms with Crippen LogP contribution in [0.25, 0.3) is 0 Å². The molecule has 120 valence electrons. The molecule has 2 amide bonds. The minimum atomic E-state index is 0.00886. The number of urea groups is 1. The molecule has 5 nitrogen and oxygen atoms in total. The van der Waals surface area contributed by atoms with E-state index in [1.807, 2.05) is 17.0 Å². The molecule has 22 heavy (non-hydrogen) atoms. The lowest BCUT2D eigenvalue weighted by Gasteiger charge is -2.45. The van der Waals surface area contributed by atoms with E-state index in [9.17, 15) is 4.79 Å². The zero-order valence-corrected chi connectivity index (χ0v) is 13.4. The van der Waals surface area contributed by atoms with Gasteiger partial charge in [-0.05, 0) is 51.7 Å². The number of fused-ring (bicyclic) bond motifs is 2. The third-order valence-corrected chi connectivity index (χ3v) is 5.50. The summed E-state index contributed by atoms with van der Waals surface area (Å²) >= 11 is 0. The van der Waals surface area contributed by atoms with Gasteiger partial charge < -0.3 is 19.5 Å². The van der Waals surface area contributed by atoms with E-state index < -0.39 is 0 Å². The monoisotopic (exact) mass is 303 g/mol. The van der Waals surface area contributed by atoms with E-state index in [2.05, 4.69) is 24.1 Å². The molecule has 3 fully saturated rings. The van der Waals surface area contributed by atoms with Crippen LogP contribution in [0.5, 0.6) is 0 Å². The number of furan rings is 1. The Morgan fingerprint density at radius 2 is 2.09 bits per heavy atom. The molecule has 1 spiro atoms. The summed E-state index contributed by atoms with van der Waals surface area (Å²) in [6.45, 7) is 5.69. The van der Waals surface area contributed by atoms with Gasteiger partial charge in [-0.25, -0.2) is 4.79 Å². The van der Waals surface area contributed by atoms with E-state index >= 15 is 0 Å². The summed E-state index contributed by atoms with van der Waals surface area (Å²) in [5, 5.41) is 3.70. The molecule has 4 rings (SSSR count). The highest BCUT2D eigenvalue weighted by atomic mass is 16.3. The predicted molar refractivity (Wildman–Crippen MR) is 83.4 cm³/mol. The summed E-state index contributed by atoms with van der Waals surface area (Å²) in [6, 6.07) is 5.41. The number of rotatable bonds is 3. The minimum Gasteiger partial charge on any atom is -0.467 e. The van der Waals surface area contributed by atoms with Gasteiger partial charge in [0.15, 0.2) is 0 Å². The van der Waals surface area contributed by atoms with Crippen molar-refractivity contribution in [1.82, 2.24) is 15.1 Å². The third kappa shape index (κ3) is 2.14. The second-order valence-corrected chi connectivity index (χ2v) is 7.45. The first-order valence-corrected chi connectivity index (χ1v) is 8.44. The largest absolute Gasteiger partial charge is 0.467 e. The summed E-state index contributed by atoms with van der Waals surface area (Å²) in [5.41, 5.74) is 0.00886. The molecule has 0 radical (unpaired) electrons. The van der Waals surface area contributed by atoms with Gasteiger partial charge in [-0.1, -0.05) is 0 Å². The van der Waals surface area contributed by atoms with Crippen LogP contribution in [0.3, 0.4) is 0 Å². The van der Waals surface area contributed by atoms with Gasteiger partial charge >= 0.3 is 6.03 Å². The lowest BCUT2D eigenvalue weighted by molar-refractivity contribution is 0.0827. The summed E-state index contributed by atoms with van der Waals surface area (Å²) in [7, 11) is 0. The van der Waals surface area contributed by atoms with Crippen LogP contribution >= 0.6 is 0 Å². The normalized spacial score (nSPS) is 34.4. The summed E-state index contributed by atoms with van der Waals surface area (Å²) in [6.07, 6.45) is 6.36. The molecule has 3 aliphatic rings. The summed E-state index contributed by atoms with van der Waals surface area (Å²) in [5.74, 6) is 0.867.